The van der Waals surface area contributed by atoms with Crippen LogP contribution < -0.4 is 5.32 Å². The molecule has 3 rings (SSSR count). The second-order valence-electron chi connectivity index (χ2n) is 6.41. The molecule has 5 heteroatoms. The Morgan fingerprint density at radius 1 is 0.920 bits per heavy atom. The monoisotopic (exact) mass is 341 g/mol. The Morgan fingerprint density at radius 3 is 2.24 bits per heavy atom. The third-order valence-corrected chi connectivity index (χ3v) is 4.52. The van der Waals surface area contributed by atoms with E-state index in [2.05, 4.69) is 39.4 Å². The number of halogens is 1. The van der Waals surface area contributed by atoms with E-state index in [-0.39, 0.29) is 11.7 Å². The summed E-state index contributed by atoms with van der Waals surface area (Å²) in [6.45, 7) is 5.19. The minimum Gasteiger partial charge on any atom is -0.325 e. The molecule has 0 aliphatic carbocycles. The fraction of sp³-hybridized carbons (Fsp3) is 0.350. The molecule has 25 heavy (non-hydrogen) atoms. The van der Waals surface area contributed by atoms with Crippen LogP contribution in [0.1, 0.15) is 5.56 Å². The Morgan fingerprint density at radius 2 is 1.56 bits per heavy atom. The van der Waals surface area contributed by atoms with Crippen molar-refractivity contribution in [2.24, 2.45) is 0 Å². The van der Waals surface area contributed by atoms with E-state index in [1.807, 2.05) is 6.07 Å². The lowest BCUT2D eigenvalue weighted by atomic mass is 10.1. The number of nitrogens with zero attached hydrogens (tertiary/aromatic N) is 2. The summed E-state index contributed by atoms with van der Waals surface area (Å²) in [5.41, 5.74) is 2.00. The quantitative estimate of drug-likeness (QED) is 0.877. The molecule has 0 atom stereocenters. The summed E-state index contributed by atoms with van der Waals surface area (Å²) in [7, 11) is 0. The summed E-state index contributed by atoms with van der Waals surface area (Å²) < 4.78 is 12.9. The second-order valence-corrected chi connectivity index (χ2v) is 6.41. The molecule has 0 bridgehead atoms. The second kappa shape index (κ2) is 8.74. The van der Waals surface area contributed by atoms with Crippen LogP contribution in [-0.4, -0.2) is 55.0 Å². The van der Waals surface area contributed by atoms with Crippen molar-refractivity contribution in [2.45, 2.75) is 6.42 Å². The van der Waals surface area contributed by atoms with Crippen molar-refractivity contribution in [1.82, 2.24) is 9.80 Å². The number of benzene rings is 2. The van der Waals surface area contributed by atoms with Crippen molar-refractivity contribution < 1.29 is 9.18 Å². The van der Waals surface area contributed by atoms with Crippen LogP contribution in [0.15, 0.2) is 54.6 Å². The first-order valence-corrected chi connectivity index (χ1v) is 8.73. The number of nitrogens with one attached hydrogen (secondary N) is 1. The summed E-state index contributed by atoms with van der Waals surface area (Å²) in [4.78, 5) is 16.7. The van der Waals surface area contributed by atoms with Gasteiger partial charge in [-0.15, -0.1) is 0 Å². The van der Waals surface area contributed by atoms with Gasteiger partial charge in [-0.1, -0.05) is 30.3 Å². The van der Waals surface area contributed by atoms with Gasteiger partial charge in [0.25, 0.3) is 0 Å². The summed E-state index contributed by atoms with van der Waals surface area (Å²) in [5.74, 6) is -0.353. The zero-order valence-electron chi connectivity index (χ0n) is 14.3. The van der Waals surface area contributed by atoms with Crippen molar-refractivity contribution in [1.29, 1.82) is 0 Å². The van der Waals surface area contributed by atoms with Crippen LogP contribution in [0.4, 0.5) is 10.1 Å². The number of anilines is 1. The molecule has 2 aromatic carbocycles. The maximum absolute atomic E-state index is 12.9. The highest BCUT2D eigenvalue weighted by molar-refractivity contribution is 5.92. The van der Waals surface area contributed by atoms with E-state index in [4.69, 9.17) is 0 Å². The van der Waals surface area contributed by atoms with Gasteiger partial charge < -0.3 is 10.2 Å². The van der Waals surface area contributed by atoms with Crippen LogP contribution in [0, 0.1) is 5.82 Å². The van der Waals surface area contributed by atoms with Gasteiger partial charge in [-0.25, -0.2) is 4.39 Å². The number of hydrogen-bond acceptors (Lipinski definition) is 3. The third-order valence-electron chi connectivity index (χ3n) is 4.52. The van der Waals surface area contributed by atoms with Crippen molar-refractivity contribution in [2.75, 3.05) is 44.6 Å². The van der Waals surface area contributed by atoms with E-state index in [0.29, 0.717) is 12.2 Å². The van der Waals surface area contributed by atoms with Crippen LogP contribution in [0.2, 0.25) is 0 Å². The van der Waals surface area contributed by atoms with Crippen LogP contribution in [-0.2, 0) is 11.2 Å². The van der Waals surface area contributed by atoms with Crippen LogP contribution >= 0.6 is 0 Å². The number of carbonyl (C=O) groups excluding carboxylic acids is 1. The molecule has 0 radical (unpaired) electrons. The van der Waals surface area contributed by atoms with Crippen molar-refractivity contribution >= 4 is 11.6 Å². The maximum Gasteiger partial charge on any atom is 0.238 e. The molecule has 1 N–H and O–H groups in total. The fourth-order valence-electron chi connectivity index (χ4n) is 3.04. The van der Waals surface area contributed by atoms with Gasteiger partial charge in [0.2, 0.25) is 5.91 Å². The minimum atomic E-state index is -0.301. The lowest BCUT2D eigenvalue weighted by Crippen LogP contribution is -2.49. The average molecular weight is 341 g/mol. The van der Waals surface area contributed by atoms with Gasteiger partial charge in [0, 0.05) is 38.4 Å². The molecule has 0 unspecified atom stereocenters. The number of carbonyl (C=O) groups is 1. The standard InChI is InChI=1S/C20H24FN3O/c21-18-6-8-19(9-7-18)22-20(25)16-24-14-12-23(13-15-24)11-10-17-4-2-1-3-5-17/h1-9H,10-16H2,(H,22,25). The number of amides is 1. The number of piperazine rings is 1. The average Bonchev–Trinajstić information content (AvgIpc) is 2.64. The van der Waals surface area contributed by atoms with Gasteiger partial charge in [-0.2, -0.15) is 0 Å². The predicted octanol–water partition coefficient (Wildman–Crippen LogP) is 2.62. The molecule has 1 amide bonds. The minimum absolute atomic E-state index is 0.0515. The Labute approximate surface area is 148 Å². The Hall–Kier alpha value is -2.24. The largest absolute Gasteiger partial charge is 0.325 e. The lowest BCUT2D eigenvalue weighted by Gasteiger charge is -2.34. The van der Waals surface area contributed by atoms with E-state index >= 15 is 0 Å². The van der Waals surface area contributed by atoms with Crippen LogP contribution in [0.25, 0.3) is 0 Å². The highest BCUT2D eigenvalue weighted by atomic mass is 19.1. The third kappa shape index (κ3) is 5.66. The van der Waals surface area contributed by atoms with Gasteiger partial charge in [0.1, 0.15) is 5.82 Å². The molecule has 1 fully saturated rings. The molecule has 0 aromatic heterocycles. The van der Waals surface area contributed by atoms with Crippen LogP contribution in [0.3, 0.4) is 0 Å². The van der Waals surface area contributed by atoms with Crippen molar-refractivity contribution in [3.63, 3.8) is 0 Å². The summed E-state index contributed by atoms with van der Waals surface area (Å²) in [6, 6.07) is 16.4. The molecule has 1 aliphatic heterocycles. The summed E-state index contributed by atoms with van der Waals surface area (Å²) in [6.07, 6.45) is 1.06. The van der Waals surface area contributed by atoms with Gasteiger partial charge in [0.15, 0.2) is 0 Å². The summed E-state index contributed by atoms with van der Waals surface area (Å²) in [5, 5.41) is 2.81. The Balaban J connectivity index is 1.37. The van der Waals surface area contributed by atoms with E-state index in [1.165, 1.54) is 17.7 Å². The SMILES string of the molecule is O=C(CN1CCN(CCc2ccccc2)CC1)Nc1ccc(F)cc1. The van der Waals surface area contributed by atoms with Gasteiger partial charge in [-0.05, 0) is 36.2 Å². The molecular formula is C20H24FN3O. The molecule has 2 aromatic rings. The molecule has 1 heterocycles. The van der Waals surface area contributed by atoms with Gasteiger partial charge in [-0.3, -0.25) is 9.69 Å². The van der Waals surface area contributed by atoms with Crippen molar-refractivity contribution in [3.05, 3.63) is 66.0 Å². The van der Waals surface area contributed by atoms with Crippen LogP contribution in [0.5, 0.6) is 0 Å². The van der Waals surface area contributed by atoms with E-state index in [9.17, 15) is 9.18 Å². The highest BCUT2D eigenvalue weighted by Gasteiger charge is 2.18. The Bertz CT molecular complexity index is 667. The molecule has 0 spiro atoms. The van der Waals surface area contributed by atoms with E-state index in [1.54, 1.807) is 12.1 Å². The molecular weight excluding hydrogens is 317 g/mol. The zero-order valence-corrected chi connectivity index (χ0v) is 14.3. The number of rotatable bonds is 6. The Kier molecular flexibility index (Phi) is 6.14. The highest BCUT2D eigenvalue weighted by Crippen LogP contribution is 2.09. The van der Waals surface area contributed by atoms with Gasteiger partial charge in [0.05, 0.1) is 6.54 Å². The van der Waals surface area contributed by atoms with E-state index in [0.717, 1.165) is 39.1 Å². The predicted molar refractivity (Wildman–Crippen MR) is 98.1 cm³/mol. The smallest absolute Gasteiger partial charge is 0.238 e. The first kappa shape index (κ1) is 17.6. The normalized spacial score (nSPS) is 15.9. The topological polar surface area (TPSA) is 35.6 Å². The van der Waals surface area contributed by atoms with E-state index < -0.39 is 0 Å². The lowest BCUT2D eigenvalue weighted by molar-refractivity contribution is -0.117. The summed E-state index contributed by atoms with van der Waals surface area (Å²) >= 11 is 0. The van der Waals surface area contributed by atoms with Gasteiger partial charge >= 0.3 is 0 Å². The molecule has 1 saturated heterocycles. The number of hydrogen-bond donors (Lipinski definition) is 1. The first-order valence-electron chi connectivity index (χ1n) is 8.73. The zero-order chi connectivity index (χ0) is 17.5. The molecule has 1 aliphatic rings. The van der Waals surface area contributed by atoms with Crippen molar-refractivity contribution in [3.8, 4) is 0 Å². The first-order chi connectivity index (χ1) is 12.2. The molecule has 4 nitrogen and oxygen atoms in total. The maximum atomic E-state index is 12.9. The molecule has 0 saturated carbocycles. The molecule has 132 valence electrons. The fourth-order valence-corrected chi connectivity index (χ4v) is 3.04.